The predicted octanol–water partition coefficient (Wildman–Crippen LogP) is 3.20. The Morgan fingerprint density at radius 1 is 1.00 bits per heavy atom. The molecule has 1 aliphatic heterocycles. The van der Waals surface area contributed by atoms with Crippen LogP contribution in [-0.2, 0) is 11.3 Å². The van der Waals surface area contributed by atoms with Crippen molar-refractivity contribution in [3.8, 4) is 5.69 Å². The van der Waals surface area contributed by atoms with Crippen molar-refractivity contribution in [3.63, 3.8) is 0 Å². The number of fused-ring (bicyclic) bond motifs is 1. The molecule has 174 valence electrons. The Kier molecular flexibility index (Phi) is 5.83. The molecule has 1 amide bonds. The van der Waals surface area contributed by atoms with Crippen LogP contribution in [0.1, 0.15) is 11.1 Å². The van der Waals surface area contributed by atoms with Gasteiger partial charge in [0, 0.05) is 36.9 Å². The van der Waals surface area contributed by atoms with Crippen molar-refractivity contribution in [1.82, 2.24) is 24.2 Å². The fraction of sp³-hybridized carbons (Fsp3) is 0.280. The van der Waals surface area contributed by atoms with Crippen LogP contribution >= 0.6 is 11.6 Å². The third-order valence-electron chi connectivity index (χ3n) is 6.12. The molecule has 2 aromatic heterocycles. The minimum Gasteiger partial charge on any atom is -0.368 e. The van der Waals surface area contributed by atoms with Gasteiger partial charge < -0.3 is 9.80 Å². The van der Waals surface area contributed by atoms with Gasteiger partial charge in [0.25, 0.3) is 5.56 Å². The van der Waals surface area contributed by atoms with Crippen LogP contribution in [0.3, 0.4) is 0 Å². The van der Waals surface area contributed by atoms with E-state index in [4.69, 9.17) is 11.6 Å². The maximum absolute atomic E-state index is 13.1. The molecule has 0 spiro atoms. The first-order valence-corrected chi connectivity index (χ1v) is 11.6. The third-order valence-corrected chi connectivity index (χ3v) is 6.35. The van der Waals surface area contributed by atoms with Crippen LogP contribution in [-0.4, -0.2) is 56.3 Å². The summed E-state index contributed by atoms with van der Waals surface area (Å²) in [6.45, 7) is 6.57. The van der Waals surface area contributed by atoms with Gasteiger partial charge in [0.1, 0.15) is 18.3 Å². The molecule has 2 aromatic carbocycles. The van der Waals surface area contributed by atoms with Crippen LogP contribution in [0.2, 0.25) is 5.02 Å². The number of piperazine rings is 1. The summed E-state index contributed by atoms with van der Waals surface area (Å²) in [5.41, 5.74) is 4.32. The number of hydrogen-bond donors (Lipinski definition) is 0. The van der Waals surface area contributed by atoms with Gasteiger partial charge in [-0.05, 0) is 55.3 Å². The SMILES string of the molecule is Cc1cc(C)cc(-n2ncc3c(=O)n(CC(=O)N4CCN(c5cccc(Cl)c5)CC4)cnc32)c1. The van der Waals surface area contributed by atoms with E-state index in [2.05, 4.69) is 21.0 Å². The second kappa shape index (κ2) is 8.95. The van der Waals surface area contributed by atoms with Crippen molar-refractivity contribution in [2.45, 2.75) is 20.4 Å². The van der Waals surface area contributed by atoms with Crippen LogP contribution in [0.15, 0.2) is 59.8 Å². The summed E-state index contributed by atoms with van der Waals surface area (Å²) in [6, 6.07) is 13.8. The zero-order chi connectivity index (χ0) is 23.8. The number of carbonyl (C=O) groups is 1. The lowest BCUT2D eigenvalue weighted by molar-refractivity contribution is -0.132. The fourth-order valence-electron chi connectivity index (χ4n) is 4.46. The summed E-state index contributed by atoms with van der Waals surface area (Å²) in [6.07, 6.45) is 2.96. The minimum absolute atomic E-state index is 0.0479. The van der Waals surface area contributed by atoms with Crippen LogP contribution in [0.5, 0.6) is 0 Å². The Labute approximate surface area is 202 Å². The van der Waals surface area contributed by atoms with Crippen molar-refractivity contribution in [3.05, 3.63) is 81.5 Å². The molecule has 3 heterocycles. The molecule has 34 heavy (non-hydrogen) atoms. The Morgan fingerprint density at radius 3 is 2.44 bits per heavy atom. The van der Waals surface area contributed by atoms with E-state index in [0.29, 0.717) is 42.2 Å². The average molecular weight is 477 g/mol. The molecule has 0 radical (unpaired) electrons. The molecular weight excluding hydrogens is 452 g/mol. The van der Waals surface area contributed by atoms with Crippen LogP contribution in [0.25, 0.3) is 16.7 Å². The molecular formula is C25H25ClN6O2. The zero-order valence-electron chi connectivity index (χ0n) is 19.1. The van der Waals surface area contributed by atoms with Gasteiger partial charge >= 0.3 is 0 Å². The highest BCUT2D eigenvalue weighted by Gasteiger charge is 2.22. The van der Waals surface area contributed by atoms with Crippen molar-refractivity contribution in [2.24, 2.45) is 0 Å². The molecule has 0 bridgehead atoms. The number of nitrogens with zero attached hydrogens (tertiary/aromatic N) is 6. The summed E-state index contributed by atoms with van der Waals surface area (Å²) in [5, 5.41) is 5.48. The van der Waals surface area contributed by atoms with E-state index in [1.54, 1.807) is 9.58 Å². The van der Waals surface area contributed by atoms with Crippen LogP contribution in [0, 0.1) is 13.8 Å². The first kappa shape index (κ1) is 22.2. The van der Waals surface area contributed by atoms with E-state index >= 15 is 0 Å². The average Bonchev–Trinajstić information content (AvgIpc) is 3.25. The summed E-state index contributed by atoms with van der Waals surface area (Å²) < 4.78 is 3.03. The summed E-state index contributed by atoms with van der Waals surface area (Å²) >= 11 is 6.10. The number of rotatable bonds is 4. The standard InChI is InChI=1S/C25H25ClN6O2/c1-17-10-18(2)12-21(11-17)32-24-22(14-28-32)25(34)31(16-27-24)15-23(33)30-8-6-29(7-9-30)20-5-3-4-19(26)13-20/h3-5,10-14,16H,6-9,15H2,1-2H3. The van der Waals surface area contributed by atoms with Crippen LogP contribution < -0.4 is 10.5 Å². The maximum atomic E-state index is 13.1. The van der Waals surface area contributed by atoms with Crippen LogP contribution in [0.4, 0.5) is 5.69 Å². The molecule has 0 unspecified atom stereocenters. The van der Waals surface area contributed by atoms with Gasteiger partial charge in [-0.25, -0.2) is 9.67 Å². The number of amides is 1. The van der Waals surface area contributed by atoms with Gasteiger partial charge in [0.2, 0.25) is 5.91 Å². The normalized spacial score (nSPS) is 14.1. The summed E-state index contributed by atoms with van der Waals surface area (Å²) in [7, 11) is 0. The van der Waals surface area contributed by atoms with E-state index in [0.717, 1.165) is 22.5 Å². The smallest absolute Gasteiger partial charge is 0.264 e. The number of anilines is 1. The van der Waals surface area contributed by atoms with Gasteiger partial charge in [0.05, 0.1) is 11.9 Å². The molecule has 1 fully saturated rings. The van der Waals surface area contributed by atoms with E-state index in [1.807, 2.05) is 50.2 Å². The maximum Gasteiger partial charge on any atom is 0.264 e. The zero-order valence-corrected chi connectivity index (χ0v) is 19.9. The Morgan fingerprint density at radius 2 is 1.74 bits per heavy atom. The first-order chi connectivity index (χ1) is 16.4. The number of carbonyl (C=O) groups excluding carboxylic acids is 1. The number of hydrogen-bond acceptors (Lipinski definition) is 5. The molecule has 0 N–H and O–H groups in total. The molecule has 8 nitrogen and oxygen atoms in total. The third kappa shape index (κ3) is 4.28. The molecule has 1 aliphatic rings. The van der Waals surface area contributed by atoms with Gasteiger partial charge in [0.15, 0.2) is 5.65 Å². The van der Waals surface area contributed by atoms with E-state index in [9.17, 15) is 9.59 Å². The Bertz CT molecular complexity index is 1410. The molecule has 0 saturated carbocycles. The molecule has 0 aliphatic carbocycles. The summed E-state index contributed by atoms with van der Waals surface area (Å²) in [4.78, 5) is 34.5. The monoisotopic (exact) mass is 476 g/mol. The van der Waals surface area contributed by atoms with Crippen molar-refractivity contribution < 1.29 is 4.79 Å². The number of aromatic nitrogens is 4. The van der Waals surface area contributed by atoms with Crippen molar-refractivity contribution in [1.29, 1.82) is 0 Å². The predicted molar refractivity (Wildman–Crippen MR) is 133 cm³/mol. The van der Waals surface area contributed by atoms with E-state index in [-0.39, 0.29) is 18.0 Å². The molecule has 9 heteroatoms. The number of halogens is 1. The van der Waals surface area contributed by atoms with Gasteiger partial charge in [-0.2, -0.15) is 5.10 Å². The second-order valence-corrected chi connectivity index (χ2v) is 9.10. The fourth-order valence-corrected chi connectivity index (χ4v) is 4.64. The van der Waals surface area contributed by atoms with Gasteiger partial charge in [-0.3, -0.25) is 14.2 Å². The van der Waals surface area contributed by atoms with Gasteiger partial charge in [-0.1, -0.05) is 23.7 Å². The Balaban J connectivity index is 1.31. The van der Waals surface area contributed by atoms with E-state index < -0.39 is 0 Å². The highest BCUT2D eigenvalue weighted by Crippen LogP contribution is 2.21. The van der Waals surface area contributed by atoms with Gasteiger partial charge in [-0.15, -0.1) is 0 Å². The lowest BCUT2D eigenvalue weighted by Crippen LogP contribution is -2.50. The topological polar surface area (TPSA) is 76.3 Å². The summed E-state index contributed by atoms with van der Waals surface area (Å²) in [5.74, 6) is -0.101. The number of aryl methyl sites for hydroxylation is 2. The quantitative estimate of drug-likeness (QED) is 0.452. The van der Waals surface area contributed by atoms with Crippen molar-refractivity contribution in [2.75, 3.05) is 31.1 Å². The van der Waals surface area contributed by atoms with E-state index in [1.165, 1.54) is 17.1 Å². The highest BCUT2D eigenvalue weighted by molar-refractivity contribution is 6.30. The second-order valence-electron chi connectivity index (χ2n) is 8.66. The number of benzene rings is 2. The first-order valence-electron chi connectivity index (χ1n) is 11.2. The molecule has 0 atom stereocenters. The molecule has 5 rings (SSSR count). The highest BCUT2D eigenvalue weighted by atomic mass is 35.5. The minimum atomic E-state index is -0.272. The lowest BCUT2D eigenvalue weighted by atomic mass is 10.1. The molecule has 4 aromatic rings. The van der Waals surface area contributed by atoms with Crippen molar-refractivity contribution >= 4 is 34.2 Å². The largest absolute Gasteiger partial charge is 0.368 e. The Hall–Kier alpha value is -3.65. The lowest BCUT2D eigenvalue weighted by Gasteiger charge is -2.36. The molecule has 1 saturated heterocycles.